The Morgan fingerprint density at radius 2 is 1.08 bits per heavy atom. The molecule has 7 aromatic rings. The number of hydrogen-bond acceptors (Lipinski definition) is 1. The summed E-state index contributed by atoms with van der Waals surface area (Å²) in [5, 5.41) is 2.64. The molecule has 0 amide bonds. The molecule has 39 heavy (non-hydrogen) atoms. The number of nitrogens with zero attached hydrogens (tertiary/aromatic N) is 1. The van der Waals surface area contributed by atoms with Crippen LogP contribution in [0, 0.1) is 0 Å². The predicted molar refractivity (Wildman–Crippen MR) is 162 cm³/mol. The Morgan fingerprint density at radius 3 is 1.85 bits per heavy atom. The first-order chi connectivity index (χ1) is 19.4. The number of para-hydroxylation sites is 2. The Bertz CT molecular complexity index is 2050. The molecule has 0 fully saturated rings. The van der Waals surface area contributed by atoms with Gasteiger partial charge in [-0.3, -0.25) is 0 Å². The van der Waals surface area contributed by atoms with E-state index in [0.29, 0.717) is 0 Å². The molecule has 1 spiro atoms. The minimum Gasteiger partial charge on any atom is -0.309 e. The maximum absolute atomic E-state index is 2.43. The molecule has 1 nitrogen and oxygen atoms in total. The monoisotopic (exact) mass is 513 g/mol. The molecule has 2 heterocycles. The fraction of sp³-hybridized carbons (Fsp3) is 0.0270. The predicted octanol–water partition coefficient (Wildman–Crippen LogP) is 9.61. The summed E-state index contributed by atoms with van der Waals surface area (Å²) in [6.45, 7) is 0. The van der Waals surface area contributed by atoms with E-state index in [2.05, 4.69) is 144 Å². The van der Waals surface area contributed by atoms with E-state index in [9.17, 15) is 0 Å². The smallest absolute Gasteiger partial charge is 0.0735 e. The van der Waals surface area contributed by atoms with Gasteiger partial charge in [-0.15, -0.1) is 0 Å². The Morgan fingerprint density at radius 1 is 0.462 bits per heavy atom. The third kappa shape index (κ3) is 2.62. The topological polar surface area (TPSA) is 4.93 Å². The molecule has 0 atom stereocenters. The summed E-state index contributed by atoms with van der Waals surface area (Å²) >= 11 is 1.93. The van der Waals surface area contributed by atoms with Gasteiger partial charge in [0.25, 0.3) is 0 Å². The summed E-state index contributed by atoms with van der Waals surface area (Å²) in [7, 11) is 0. The summed E-state index contributed by atoms with van der Waals surface area (Å²) in [5.74, 6) is 0. The zero-order chi connectivity index (χ0) is 25.6. The maximum atomic E-state index is 2.43. The normalized spacial score (nSPS) is 14.3. The lowest BCUT2D eigenvalue weighted by Gasteiger charge is -2.40. The van der Waals surface area contributed by atoms with Crippen LogP contribution in [-0.4, -0.2) is 4.57 Å². The SMILES string of the molecule is c1ccc(-n2c3ccccc3c3c4c(ccc32)C2(c3ccccc3S4)c3ccccc3-c3ccccc32)cc1. The summed E-state index contributed by atoms with van der Waals surface area (Å²) < 4.78 is 2.43. The lowest BCUT2D eigenvalue weighted by Crippen LogP contribution is -2.32. The van der Waals surface area contributed by atoms with Crippen molar-refractivity contribution in [1.29, 1.82) is 0 Å². The number of aromatic nitrogens is 1. The van der Waals surface area contributed by atoms with Crippen molar-refractivity contribution in [2.75, 3.05) is 0 Å². The third-order valence-electron chi connectivity index (χ3n) is 8.66. The Balaban J connectivity index is 1.49. The molecule has 6 aromatic carbocycles. The largest absolute Gasteiger partial charge is 0.309 e. The first-order valence-corrected chi connectivity index (χ1v) is 14.3. The van der Waals surface area contributed by atoms with E-state index in [1.54, 1.807) is 0 Å². The van der Waals surface area contributed by atoms with Gasteiger partial charge in [-0.1, -0.05) is 121 Å². The van der Waals surface area contributed by atoms with Crippen molar-refractivity contribution in [3.8, 4) is 16.8 Å². The Hall–Kier alpha value is -4.53. The minimum absolute atomic E-state index is 0.353. The average Bonchev–Trinajstić information content (AvgIpc) is 3.50. The molecule has 0 saturated carbocycles. The van der Waals surface area contributed by atoms with Crippen LogP contribution in [0.25, 0.3) is 38.6 Å². The molecule has 182 valence electrons. The quantitative estimate of drug-likeness (QED) is 0.211. The van der Waals surface area contributed by atoms with Crippen LogP contribution in [0.4, 0.5) is 0 Å². The molecule has 2 heteroatoms. The second kappa shape index (κ2) is 7.75. The van der Waals surface area contributed by atoms with Gasteiger partial charge < -0.3 is 4.57 Å². The first-order valence-electron chi connectivity index (χ1n) is 13.5. The molecule has 2 aliphatic rings. The van der Waals surface area contributed by atoms with Gasteiger partial charge in [0.15, 0.2) is 0 Å². The molecule has 0 N–H and O–H groups in total. The van der Waals surface area contributed by atoms with E-state index in [-0.39, 0.29) is 5.41 Å². The van der Waals surface area contributed by atoms with Crippen molar-refractivity contribution in [2.24, 2.45) is 0 Å². The van der Waals surface area contributed by atoms with Gasteiger partial charge >= 0.3 is 0 Å². The van der Waals surface area contributed by atoms with Gasteiger partial charge in [-0.25, -0.2) is 0 Å². The Labute approximate surface area is 231 Å². The van der Waals surface area contributed by atoms with Crippen molar-refractivity contribution in [3.05, 3.63) is 162 Å². The van der Waals surface area contributed by atoms with E-state index < -0.39 is 0 Å². The molecular formula is C37H23NS. The van der Waals surface area contributed by atoms with Crippen LogP contribution in [0.5, 0.6) is 0 Å². The molecule has 0 saturated heterocycles. The second-order valence-electron chi connectivity index (χ2n) is 10.5. The highest BCUT2D eigenvalue weighted by Crippen LogP contribution is 2.63. The number of hydrogen-bond donors (Lipinski definition) is 0. The molecule has 1 aliphatic carbocycles. The average molecular weight is 514 g/mol. The zero-order valence-electron chi connectivity index (χ0n) is 21.1. The fourth-order valence-electron chi connectivity index (χ4n) is 7.22. The van der Waals surface area contributed by atoms with E-state index in [4.69, 9.17) is 0 Å². The van der Waals surface area contributed by atoms with Crippen LogP contribution in [0.3, 0.4) is 0 Å². The summed E-state index contributed by atoms with van der Waals surface area (Å²) in [5.41, 5.74) is 11.5. The highest BCUT2D eigenvalue weighted by atomic mass is 32.2. The molecule has 1 aromatic heterocycles. The van der Waals surface area contributed by atoms with Gasteiger partial charge in [-0.05, 0) is 63.7 Å². The summed E-state index contributed by atoms with van der Waals surface area (Å²) in [6, 6.07) is 51.5. The summed E-state index contributed by atoms with van der Waals surface area (Å²) in [4.78, 5) is 2.70. The molecule has 9 rings (SSSR count). The zero-order valence-corrected chi connectivity index (χ0v) is 22.0. The van der Waals surface area contributed by atoms with Crippen molar-refractivity contribution in [3.63, 3.8) is 0 Å². The Kier molecular flexibility index (Phi) is 4.26. The maximum Gasteiger partial charge on any atom is 0.0735 e. The molecule has 0 unspecified atom stereocenters. The van der Waals surface area contributed by atoms with Gasteiger partial charge in [-0.2, -0.15) is 0 Å². The van der Waals surface area contributed by atoms with E-state index in [1.807, 2.05) is 11.8 Å². The van der Waals surface area contributed by atoms with Crippen molar-refractivity contribution in [2.45, 2.75) is 15.2 Å². The second-order valence-corrected chi connectivity index (χ2v) is 11.5. The van der Waals surface area contributed by atoms with Crippen molar-refractivity contribution >= 4 is 33.6 Å². The van der Waals surface area contributed by atoms with Gasteiger partial charge in [0, 0.05) is 26.3 Å². The lowest BCUT2D eigenvalue weighted by atomic mass is 9.67. The van der Waals surface area contributed by atoms with Gasteiger partial charge in [0.1, 0.15) is 0 Å². The minimum atomic E-state index is -0.353. The number of fused-ring (bicyclic) bond motifs is 13. The number of rotatable bonds is 1. The molecule has 0 radical (unpaired) electrons. The van der Waals surface area contributed by atoms with Crippen LogP contribution in [-0.2, 0) is 5.41 Å². The van der Waals surface area contributed by atoms with E-state index in [1.165, 1.54) is 70.7 Å². The highest BCUT2D eigenvalue weighted by molar-refractivity contribution is 7.99. The first kappa shape index (κ1) is 21.4. The van der Waals surface area contributed by atoms with Crippen LogP contribution in [0.1, 0.15) is 22.3 Å². The summed E-state index contributed by atoms with van der Waals surface area (Å²) in [6.07, 6.45) is 0. The third-order valence-corrected chi connectivity index (χ3v) is 9.87. The highest BCUT2D eigenvalue weighted by Gasteiger charge is 2.50. The van der Waals surface area contributed by atoms with Crippen LogP contribution >= 0.6 is 11.8 Å². The van der Waals surface area contributed by atoms with Crippen molar-refractivity contribution < 1.29 is 0 Å². The number of benzene rings is 6. The van der Waals surface area contributed by atoms with Crippen LogP contribution < -0.4 is 0 Å². The van der Waals surface area contributed by atoms with Crippen LogP contribution in [0.2, 0.25) is 0 Å². The molecule has 1 aliphatic heterocycles. The fourth-order valence-corrected chi connectivity index (χ4v) is 8.57. The van der Waals surface area contributed by atoms with Gasteiger partial charge in [0.05, 0.1) is 16.4 Å². The lowest BCUT2D eigenvalue weighted by molar-refractivity contribution is 0.726. The standard InChI is InChI=1S/C37H23NS/c1-2-12-24(13-3-1)38-32-20-10-6-16-27(32)35-33(38)23-22-31-36(35)39-34-21-11-9-19-30(34)37(31)28-17-7-4-14-25(28)26-15-5-8-18-29(26)37/h1-23H. The van der Waals surface area contributed by atoms with Gasteiger partial charge in [0.2, 0.25) is 0 Å². The van der Waals surface area contributed by atoms with Crippen molar-refractivity contribution in [1.82, 2.24) is 4.57 Å². The van der Waals surface area contributed by atoms with E-state index >= 15 is 0 Å². The molecule has 0 bridgehead atoms. The molecular weight excluding hydrogens is 490 g/mol. The van der Waals surface area contributed by atoms with Crippen LogP contribution in [0.15, 0.2) is 149 Å². The van der Waals surface area contributed by atoms with E-state index in [0.717, 1.165) is 0 Å².